The summed E-state index contributed by atoms with van der Waals surface area (Å²) in [6.45, 7) is 1.75. The molecule has 0 bridgehead atoms. The molecular formula is C18H20Cl2N2O3S2. The van der Waals surface area contributed by atoms with Gasteiger partial charge in [0.25, 0.3) is 0 Å². The van der Waals surface area contributed by atoms with Crippen molar-refractivity contribution in [1.82, 2.24) is 0 Å². The highest BCUT2D eigenvalue weighted by Crippen LogP contribution is 2.30. The number of hydrogen-bond donors (Lipinski definition) is 1. The van der Waals surface area contributed by atoms with Gasteiger partial charge in [0.05, 0.1) is 22.0 Å². The molecular weight excluding hydrogens is 427 g/mol. The predicted molar refractivity (Wildman–Crippen MR) is 115 cm³/mol. The van der Waals surface area contributed by atoms with E-state index in [2.05, 4.69) is 5.32 Å². The summed E-state index contributed by atoms with van der Waals surface area (Å²) < 4.78 is 26.0. The van der Waals surface area contributed by atoms with Gasteiger partial charge in [-0.05, 0) is 49.1 Å². The van der Waals surface area contributed by atoms with Crippen LogP contribution in [0.1, 0.15) is 13.3 Å². The van der Waals surface area contributed by atoms with Crippen LogP contribution in [0.3, 0.4) is 0 Å². The van der Waals surface area contributed by atoms with Crippen LogP contribution in [-0.2, 0) is 14.8 Å². The predicted octanol–water partition coefficient (Wildman–Crippen LogP) is 4.90. The van der Waals surface area contributed by atoms with E-state index in [9.17, 15) is 13.2 Å². The van der Waals surface area contributed by atoms with Crippen LogP contribution in [0.25, 0.3) is 0 Å². The second kappa shape index (κ2) is 9.19. The van der Waals surface area contributed by atoms with Crippen molar-refractivity contribution in [3.05, 3.63) is 52.5 Å². The van der Waals surface area contributed by atoms with E-state index in [0.29, 0.717) is 10.7 Å². The first-order valence-corrected chi connectivity index (χ1v) is 11.9. The molecule has 2 rings (SSSR count). The number of benzene rings is 2. The van der Waals surface area contributed by atoms with Crippen LogP contribution in [-0.4, -0.2) is 32.9 Å². The van der Waals surface area contributed by atoms with Crippen molar-refractivity contribution in [3.8, 4) is 0 Å². The number of carbonyl (C=O) groups is 1. The van der Waals surface area contributed by atoms with Gasteiger partial charge < -0.3 is 5.32 Å². The van der Waals surface area contributed by atoms with Gasteiger partial charge in [0, 0.05) is 10.6 Å². The van der Waals surface area contributed by atoms with Gasteiger partial charge in [0.15, 0.2) is 0 Å². The van der Waals surface area contributed by atoms with Crippen molar-refractivity contribution in [2.75, 3.05) is 22.1 Å². The number of halogens is 2. The summed E-state index contributed by atoms with van der Waals surface area (Å²) in [6.07, 6.45) is 3.27. The van der Waals surface area contributed by atoms with E-state index in [0.717, 1.165) is 15.5 Å². The van der Waals surface area contributed by atoms with Gasteiger partial charge in [-0.3, -0.25) is 9.10 Å². The second-order valence-electron chi connectivity index (χ2n) is 5.80. The second-order valence-corrected chi connectivity index (χ2v) is 9.36. The Labute approximate surface area is 174 Å². The molecule has 9 heteroatoms. The number of nitrogens with zero attached hydrogens (tertiary/aromatic N) is 1. The molecule has 0 aliphatic rings. The maximum atomic E-state index is 12.9. The smallest absolute Gasteiger partial charge is 0.248 e. The summed E-state index contributed by atoms with van der Waals surface area (Å²) in [5.41, 5.74) is 0.889. The minimum absolute atomic E-state index is 0.214. The van der Waals surface area contributed by atoms with Crippen LogP contribution in [0.2, 0.25) is 10.0 Å². The molecule has 0 radical (unpaired) electrons. The fourth-order valence-electron chi connectivity index (χ4n) is 2.61. The van der Waals surface area contributed by atoms with Crippen molar-refractivity contribution in [2.45, 2.75) is 24.3 Å². The molecule has 0 fully saturated rings. The Balaban J connectivity index is 2.39. The molecule has 0 unspecified atom stereocenters. The van der Waals surface area contributed by atoms with E-state index < -0.39 is 22.0 Å². The summed E-state index contributed by atoms with van der Waals surface area (Å²) in [6, 6.07) is 10.9. The highest BCUT2D eigenvalue weighted by atomic mass is 35.5. The zero-order valence-electron chi connectivity index (χ0n) is 15.1. The van der Waals surface area contributed by atoms with Crippen LogP contribution in [0.5, 0.6) is 0 Å². The lowest BCUT2D eigenvalue weighted by Gasteiger charge is -2.30. The van der Waals surface area contributed by atoms with Crippen LogP contribution in [0, 0.1) is 0 Å². The van der Waals surface area contributed by atoms with E-state index in [4.69, 9.17) is 23.2 Å². The summed E-state index contributed by atoms with van der Waals surface area (Å²) in [7, 11) is -3.74. The van der Waals surface area contributed by atoms with E-state index in [1.165, 1.54) is 18.2 Å². The van der Waals surface area contributed by atoms with E-state index in [1.54, 1.807) is 24.8 Å². The summed E-state index contributed by atoms with van der Waals surface area (Å²) in [5, 5.41) is 3.32. The van der Waals surface area contributed by atoms with Gasteiger partial charge in [-0.2, -0.15) is 0 Å². The van der Waals surface area contributed by atoms with Gasteiger partial charge in [-0.25, -0.2) is 8.42 Å². The number of sulfonamides is 1. The summed E-state index contributed by atoms with van der Waals surface area (Å²) >= 11 is 13.5. The maximum Gasteiger partial charge on any atom is 0.248 e. The molecule has 1 atom stereocenters. The molecule has 1 N–H and O–H groups in total. The summed E-state index contributed by atoms with van der Waals surface area (Å²) in [5.74, 6) is -0.424. The first kappa shape index (κ1) is 21.9. The van der Waals surface area contributed by atoms with E-state index >= 15 is 0 Å². The first-order chi connectivity index (χ1) is 12.7. The highest BCUT2D eigenvalue weighted by Gasteiger charge is 2.31. The number of anilines is 2. The topological polar surface area (TPSA) is 66.5 Å². The molecule has 146 valence electrons. The molecule has 0 aliphatic heterocycles. The Kier molecular flexibility index (Phi) is 7.45. The SMILES string of the molecule is CC[C@H](C(=O)Nc1cccc(SC)c1)N(c1ccc(Cl)c(Cl)c1)S(C)(=O)=O. The third kappa shape index (κ3) is 5.54. The Hall–Kier alpha value is -1.41. The van der Waals surface area contributed by atoms with Gasteiger partial charge in [-0.15, -0.1) is 11.8 Å². The zero-order chi connectivity index (χ0) is 20.2. The minimum atomic E-state index is -3.74. The fourth-order valence-corrected chi connectivity index (χ4v) is 4.56. The van der Waals surface area contributed by atoms with Crippen LogP contribution in [0.15, 0.2) is 47.4 Å². The molecule has 0 saturated carbocycles. The number of hydrogen-bond acceptors (Lipinski definition) is 4. The first-order valence-electron chi connectivity index (χ1n) is 8.06. The molecule has 5 nitrogen and oxygen atoms in total. The highest BCUT2D eigenvalue weighted by molar-refractivity contribution is 7.98. The molecule has 0 saturated heterocycles. The average Bonchev–Trinajstić information content (AvgIpc) is 2.61. The van der Waals surface area contributed by atoms with Gasteiger partial charge in [-0.1, -0.05) is 36.2 Å². The summed E-state index contributed by atoms with van der Waals surface area (Å²) in [4.78, 5) is 13.9. The lowest BCUT2D eigenvalue weighted by Crippen LogP contribution is -2.47. The fraction of sp³-hybridized carbons (Fsp3) is 0.278. The molecule has 1 amide bonds. The number of thioether (sulfide) groups is 1. The largest absolute Gasteiger partial charge is 0.324 e. The average molecular weight is 447 g/mol. The van der Waals surface area contributed by atoms with E-state index in [1.807, 2.05) is 24.5 Å². The standard InChI is InChI=1S/C18H20Cl2N2O3S2/c1-4-17(18(23)21-12-6-5-7-14(10-12)26-2)22(27(3,24)25)13-8-9-15(19)16(20)11-13/h5-11,17H,4H2,1-3H3,(H,21,23)/t17-/m1/s1. The Morgan fingerprint density at radius 3 is 2.44 bits per heavy atom. The maximum absolute atomic E-state index is 12.9. The van der Waals surface area contributed by atoms with Crippen molar-refractivity contribution in [1.29, 1.82) is 0 Å². The quantitative estimate of drug-likeness (QED) is 0.614. The van der Waals surface area contributed by atoms with Crippen molar-refractivity contribution in [3.63, 3.8) is 0 Å². The van der Waals surface area contributed by atoms with Crippen molar-refractivity contribution < 1.29 is 13.2 Å². The van der Waals surface area contributed by atoms with Gasteiger partial charge in [0.1, 0.15) is 6.04 Å². The Morgan fingerprint density at radius 1 is 1.19 bits per heavy atom. The third-order valence-electron chi connectivity index (χ3n) is 3.82. The number of rotatable bonds is 7. The zero-order valence-corrected chi connectivity index (χ0v) is 18.2. The molecule has 0 aliphatic carbocycles. The number of amides is 1. The normalized spacial score (nSPS) is 12.5. The van der Waals surface area contributed by atoms with Crippen molar-refractivity contribution >= 4 is 62.3 Å². The third-order valence-corrected chi connectivity index (χ3v) is 6.47. The van der Waals surface area contributed by atoms with Crippen molar-refractivity contribution in [2.24, 2.45) is 0 Å². The van der Waals surface area contributed by atoms with Crippen LogP contribution >= 0.6 is 35.0 Å². The van der Waals surface area contributed by atoms with Crippen LogP contribution in [0.4, 0.5) is 11.4 Å². The molecule has 2 aromatic rings. The molecule has 27 heavy (non-hydrogen) atoms. The van der Waals surface area contributed by atoms with Crippen LogP contribution < -0.4 is 9.62 Å². The Morgan fingerprint density at radius 2 is 1.89 bits per heavy atom. The lowest BCUT2D eigenvalue weighted by atomic mass is 10.2. The minimum Gasteiger partial charge on any atom is -0.324 e. The van der Waals surface area contributed by atoms with E-state index in [-0.39, 0.29) is 17.1 Å². The molecule has 0 aromatic heterocycles. The number of nitrogens with one attached hydrogen (secondary N) is 1. The monoisotopic (exact) mass is 446 g/mol. The van der Waals surface area contributed by atoms with Gasteiger partial charge >= 0.3 is 0 Å². The lowest BCUT2D eigenvalue weighted by molar-refractivity contribution is -0.117. The number of carbonyl (C=O) groups excluding carboxylic acids is 1. The molecule has 0 heterocycles. The molecule has 0 spiro atoms. The molecule has 2 aromatic carbocycles. The Bertz CT molecular complexity index is 936. The van der Waals surface area contributed by atoms with Gasteiger partial charge in [0.2, 0.25) is 15.9 Å².